The number of hydrogen-bond donors (Lipinski definition) is 0. The minimum Gasteiger partial charge on any atom is -0.465 e. The number of rotatable bonds is 4. The van der Waals surface area contributed by atoms with Crippen LogP contribution in [-0.2, 0) is 22.4 Å². The second kappa shape index (κ2) is 6.01. The SMILES string of the molecule is CC(C)C(=O)OCC1C2CCc3nnn(C(C)C)c3CCC21. The molecule has 1 aromatic heterocycles. The van der Waals surface area contributed by atoms with E-state index in [4.69, 9.17) is 4.74 Å². The Morgan fingerprint density at radius 2 is 1.91 bits per heavy atom. The van der Waals surface area contributed by atoms with Crippen LogP contribution in [0.3, 0.4) is 0 Å². The van der Waals surface area contributed by atoms with Crippen molar-refractivity contribution in [1.29, 1.82) is 0 Å². The zero-order valence-electron chi connectivity index (χ0n) is 14.1. The van der Waals surface area contributed by atoms with Crippen LogP contribution in [-0.4, -0.2) is 27.6 Å². The molecule has 0 bridgehead atoms. The van der Waals surface area contributed by atoms with E-state index in [-0.39, 0.29) is 11.9 Å². The smallest absolute Gasteiger partial charge is 0.308 e. The van der Waals surface area contributed by atoms with Crippen LogP contribution in [0.5, 0.6) is 0 Å². The molecule has 0 radical (unpaired) electrons. The van der Waals surface area contributed by atoms with Crippen LogP contribution in [0.4, 0.5) is 0 Å². The van der Waals surface area contributed by atoms with Crippen LogP contribution in [0.2, 0.25) is 0 Å². The fourth-order valence-electron chi connectivity index (χ4n) is 3.79. The molecule has 0 aliphatic heterocycles. The van der Waals surface area contributed by atoms with Gasteiger partial charge in [-0.15, -0.1) is 5.10 Å². The molecule has 2 aliphatic rings. The van der Waals surface area contributed by atoms with Crippen molar-refractivity contribution < 1.29 is 9.53 Å². The molecule has 5 nitrogen and oxygen atoms in total. The van der Waals surface area contributed by atoms with E-state index in [2.05, 4.69) is 28.8 Å². The van der Waals surface area contributed by atoms with Crippen molar-refractivity contribution >= 4 is 5.97 Å². The van der Waals surface area contributed by atoms with Gasteiger partial charge < -0.3 is 4.74 Å². The Labute approximate surface area is 132 Å². The molecule has 3 atom stereocenters. The highest BCUT2D eigenvalue weighted by Crippen LogP contribution is 2.53. The van der Waals surface area contributed by atoms with Crippen LogP contribution in [0.25, 0.3) is 0 Å². The minimum absolute atomic E-state index is 0.0307. The topological polar surface area (TPSA) is 57.0 Å². The maximum absolute atomic E-state index is 11.6. The van der Waals surface area contributed by atoms with Crippen molar-refractivity contribution in [3.8, 4) is 0 Å². The lowest BCUT2D eigenvalue weighted by Crippen LogP contribution is -2.14. The second-order valence-corrected chi connectivity index (χ2v) is 7.37. The van der Waals surface area contributed by atoms with Gasteiger partial charge in [0.1, 0.15) is 0 Å². The normalized spacial score (nSPS) is 27.1. The summed E-state index contributed by atoms with van der Waals surface area (Å²) in [7, 11) is 0. The summed E-state index contributed by atoms with van der Waals surface area (Å²) in [5.74, 6) is 1.88. The molecule has 122 valence electrons. The number of nitrogens with zero attached hydrogens (tertiary/aromatic N) is 3. The number of esters is 1. The van der Waals surface area contributed by atoms with Gasteiger partial charge in [0.05, 0.1) is 23.9 Å². The molecule has 1 aromatic rings. The van der Waals surface area contributed by atoms with E-state index in [0.29, 0.717) is 30.4 Å². The highest BCUT2D eigenvalue weighted by molar-refractivity contribution is 5.71. The lowest BCUT2D eigenvalue weighted by atomic mass is 10.0. The van der Waals surface area contributed by atoms with Gasteiger partial charge >= 0.3 is 5.97 Å². The van der Waals surface area contributed by atoms with Gasteiger partial charge in [0.2, 0.25) is 0 Å². The van der Waals surface area contributed by atoms with Crippen LogP contribution in [0, 0.1) is 23.7 Å². The van der Waals surface area contributed by atoms with Crippen molar-refractivity contribution in [2.75, 3.05) is 6.61 Å². The average Bonchev–Trinajstić information content (AvgIpc) is 2.93. The van der Waals surface area contributed by atoms with Gasteiger partial charge in [-0.25, -0.2) is 4.68 Å². The fourth-order valence-corrected chi connectivity index (χ4v) is 3.79. The highest BCUT2D eigenvalue weighted by atomic mass is 16.5. The van der Waals surface area contributed by atoms with Crippen molar-refractivity contribution in [3.63, 3.8) is 0 Å². The molecule has 1 fully saturated rings. The Bertz CT molecular complexity index is 550. The van der Waals surface area contributed by atoms with E-state index >= 15 is 0 Å². The first-order chi connectivity index (χ1) is 10.5. The number of aryl methyl sites for hydroxylation is 1. The fraction of sp³-hybridized carbons (Fsp3) is 0.824. The molecule has 1 heterocycles. The summed E-state index contributed by atoms with van der Waals surface area (Å²) < 4.78 is 7.52. The van der Waals surface area contributed by atoms with Gasteiger partial charge in [-0.2, -0.15) is 0 Å². The molecule has 3 rings (SSSR count). The molecular formula is C17H27N3O2. The summed E-state index contributed by atoms with van der Waals surface area (Å²) in [6.45, 7) is 8.69. The highest BCUT2D eigenvalue weighted by Gasteiger charge is 2.50. The molecule has 0 spiro atoms. The zero-order chi connectivity index (χ0) is 15.9. The average molecular weight is 305 g/mol. The number of carbonyl (C=O) groups excluding carboxylic acids is 1. The van der Waals surface area contributed by atoms with Gasteiger partial charge in [0, 0.05) is 6.04 Å². The first-order valence-corrected chi connectivity index (χ1v) is 8.58. The predicted molar refractivity (Wildman–Crippen MR) is 83.3 cm³/mol. The maximum atomic E-state index is 11.6. The maximum Gasteiger partial charge on any atom is 0.308 e. The standard InChI is InChI=1S/C17H27N3O2/c1-10(2)17(21)22-9-14-12-5-7-15-16(8-6-13(12)14)20(11(3)4)19-18-15/h10-14H,5-9H2,1-4H3. The van der Waals surface area contributed by atoms with Gasteiger partial charge in [0.25, 0.3) is 0 Å². The second-order valence-electron chi connectivity index (χ2n) is 7.37. The van der Waals surface area contributed by atoms with Gasteiger partial charge in [-0.05, 0) is 57.3 Å². The molecule has 0 amide bonds. The number of ether oxygens (including phenoxy) is 1. The molecule has 0 saturated heterocycles. The number of hydrogen-bond acceptors (Lipinski definition) is 4. The monoisotopic (exact) mass is 305 g/mol. The summed E-state index contributed by atoms with van der Waals surface area (Å²) >= 11 is 0. The summed E-state index contributed by atoms with van der Waals surface area (Å²) in [5.41, 5.74) is 2.50. The number of aromatic nitrogens is 3. The molecule has 2 aliphatic carbocycles. The van der Waals surface area contributed by atoms with Crippen molar-refractivity contribution in [2.24, 2.45) is 23.7 Å². The molecule has 5 heteroatoms. The Hall–Kier alpha value is -1.39. The van der Waals surface area contributed by atoms with E-state index in [1.165, 1.54) is 17.8 Å². The Balaban J connectivity index is 1.60. The molecule has 1 saturated carbocycles. The van der Waals surface area contributed by atoms with E-state index in [0.717, 1.165) is 19.3 Å². The molecule has 0 N–H and O–H groups in total. The molecule has 3 unspecified atom stereocenters. The number of fused-ring (bicyclic) bond motifs is 2. The summed E-state index contributed by atoms with van der Waals surface area (Å²) in [6, 6.07) is 0.369. The summed E-state index contributed by atoms with van der Waals surface area (Å²) in [6.07, 6.45) is 4.38. The van der Waals surface area contributed by atoms with Gasteiger partial charge in [-0.3, -0.25) is 4.79 Å². The first kappa shape index (κ1) is 15.5. The molecule has 22 heavy (non-hydrogen) atoms. The Morgan fingerprint density at radius 1 is 1.23 bits per heavy atom. The van der Waals surface area contributed by atoms with Crippen molar-refractivity contribution in [2.45, 2.75) is 59.4 Å². The predicted octanol–water partition coefficient (Wildman–Crippen LogP) is 2.80. The number of carbonyl (C=O) groups is 1. The van der Waals surface area contributed by atoms with Crippen LogP contribution in [0.1, 0.15) is 58.0 Å². The van der Waals surface area contributed by atoms with Crippen molar-refractivity contribution in [1.82, 2.24) is 15.0 Å². The van der Waals surface area contributed by atoms with E-state index in [1.807, 2.05) is 13.8 Å². The summed E-state index contributed by atoms with van der Waals surface area (Å²) in [4.78, 5) is 11.6. The van der Waals surface area contributed by atoms with Gasteiger partial charge in [-0.1, -0.05) is 19.1 Å². The Kier molecular flexibility index (Phi) is 4.24. The zero-order valence-corrected chi connectivity index (χ0v) is 14.1. The largest absolute Gasteiger partial charge is 0.465 e. The van der Waals surface area contributed by atoms with E-state index in [9.17, 15) is 4.79 Å². The lowest BCUT2D eigenvalue weighted by Gasteiger charge is -2.12. The van der Waals surface area contributed by atoms with E-state index in [1.54, 1.807) is 0 Å². The third kappa shape index (κ3) is 2.90. The van der Waals surface area contributed by atoms with Gasteiger partial charge in [0.15, 0.2) is 0 Å². The van der Waals surface area contributed by atoms with Crippen molar-refractivity contribution in [3.05, 3.63) is 11.4 Å². The molecule has 0 aromatic carbocycles. The summed E-state index contributed by atoms with van der Waals surface area (Å²) in [5, 5.41) is 8.70. The van der Waals surface area contributed by atoms with Crippen LogP contribution in [0.15, 0.2) is 0 Å². The lowest BCUT2D eigenvalue weighted by molar-refractivity contribution is -0.148. The third-order valence-corrected chi connectivity index (χ3v) is 5.19. The van der Waals surface area contributed by atoms with Crippen LogP contribution >= 0.6 is 0 Å². The van der Waals surface area contributed by atoms with Crippen LogP contribution < -0.4 is 0 Å². The first-order valence-electron chi connectivity index (χ1n) is 8.58. The molecular weight excluding hydrogens is 278 g/mol. The minimum atomic E-state index is -0.0697. The quantitative estimate of drug-likeness (QED) is 0.803. The third-order valence-electron chi connectivity index (χ3n) is 5.19. The Morgan fingerprint density at radius 3 is 2.55 bits per heavy atom. The van der Waals surface area contributed by atoms with E-state index < -0.39 is 0 Å².